The minimum Gasteiger partial charge on any atom is -0.378 e. The zero-order valence-electron chi connectivity index (χ0n) is 14.6. The van der Waals surface area contributed by atoms with Gasteiger partial charge in [0.2, 0.25) is 5.91 Å². The minimum atomic E-state index is -0.0625. The summed E-state index contributed by atoms with van der Waals surface area (Å²) in [6, 6.07) is 4.05. The maximum atomic E-state index is 12.8. The largest absolute Gasteiger partial charge is 0.378 e. The van der Waals surface area contributed by atoms with E-state index in [1.807, 2.05) is 12.3 Å². The molecule has 3 atom stereocenters. The molecule has 2 fully saturated rings. The van der Waals surface area contributed by atoms with Crippen LogP contribution in [0.4, 0.5) is 5.82 Å². The van der Waals surface area contributed by atoms with Gasteiger partial charge in [-0.15, -0.1) is 0 Å². The molecular formula is C19H23N5O2. The summed E-state index contributed by atoms with van der Waals surface area (Å²) in [5.41, 5.74) is 1.20. The number of likely N-dealkylation sites (tertiary alicyclic amines) is 1. The van der Waals surface area contributed by atoms with Crippen molar-refractivity contribution in [2.24, 2.45) is 11.8 Å². The van der Waals surface area contributed by atoms with Gasteiger partial charge in [0.25, 0.3) is 0 Å². The lowest BCUT2D eigenvalue weighted by Gasteiger charge is -2.44. The van der Waals surface area contributed by atoms with Crippen LogP contribution in [-0.2, 0) is 16.1 Å². The normalized spacial score (nSPS) is 26.1. The van der Waals surface area contributed by atoms with Crippen LogP contribution in [-0.4, -0.2) is 51.6 Å². The minimum absolute atomic E-state index is 0.0204. The molecule has 7 heteroatoms. The first-order valence-electron chi connectivity index (χ1n) is 9.09. The van der Waals surface area contributed by atoms with Gasteiger partial charge in [-0.25, -0.2) is 4.98 Å². The van der Waals surface area contributed by atoms with Gasteiger partial charge in [0.15, 0.2) is 5.82 Å². The number of fused-ring (bicyclic) bond motifs is 1. The highest BCUT2D eigenvalue weighted by atomic mass is 16.5. The number of pyridine rings is 1. The molecule has 0 spiro atoms. The lowest BCUT2D eigenvalue weighted by atomic mass is 9.79. The van der Waals surface area contributed by atoms with E-state index in [-0.39, 0.29) is 23.8 Å². The third kappa shape index (κ3) is 3.89. The molecule has 2 aliphatic rings. The molecule has 1 amide bonds. The quantitative estimate of drug-likeness (QED) is 0.902. The third-order valence-electron chi connectivity index (χ3n) is 5.23. The van der Waals surface area contributed by atoms with E-state index >= 15 is 0 Å². The van der Waals surface area contributed by atoms with Gasteiger partial charge in [0.05, 0.1) is 12.3 Å². The number of carbonyl (C=O) groups is 1. The second-order valence-electron chi connectivity index (χ2n) is 6.93. The van der Waals surface area contributed by atoms with Crippen LogP contribution < -0.4 is 5.32 Å². The average Bonchev–Trinajstić information content (AvgIpc) is 2.69. The number of hydrogen-bond acceptors (Lipinski definition) is 6. The molecule has 4 heterocycles. The van der Waals surface area contributed by atoms with Gasteiger partial charge in [-0.3, -0.25) is 19.7 Å². The Balaban J connectivity index is 1.43. The van der Waals surface area contributed by atoms with Gasteiger partial charge >= 0.3 is 0 Å². The van der Waals surface area contributed by atoms with Crippen molar-refractivity contribution in [1.82, 2.24) is 19.9 Å². The van der Waals surface area contributed by atoms with Crippen molar-refractivity contribution in [3.05, 3.63) is 48.7 Å². The van der Waals surface area contributed by atoms with E-state index in [1.54, 1.807) is 24.8 Å². The molecule has 0 unspecified atom stereocenters. The number of nitrogens with one attached hydrogen (secondary N) is 1. The van der Waals surface area contributed by atoms with Crippen molar-refractivity contribution in [3.8, 4) is 0 Å². The second kappa shape index (κ2) is 7.88. The van der Waals surface area contributed by atoms with Crippen LogP contribution in [0.1, 0.15) is 18.4 Å². The van der Waals surface area contributed by atoms with Crippen molar-refractivity contribution in [3.63, 3.8) is 0 Å². The number of carbonyl (C=O) groups excluding carboxylic acids is 1. The molecule has 4 rings (SSSR count). The number of hydrogen-bond donors (Lipinski definition) is 1. The SMILES string of the molecule is O=C(Nc1cnccn1)[C@@H]1CCO[C@@H]2CCN(Cc3cccnc3)C[C@@H]21. The molecule has 2 aromatic heterocycles. The van der Waals surface area contributed by atoms with E-state index in [1.165, 1.54) is 5.56 Å². The van der Waals surface area contributed by atoms with Gasteiger partial charge in [-0.05, 0) is 24.5 Å². The van der Waals surface area contributed by atoms with E-state index in [2.05, 4.69) is 31.2 Å². The Morgan fingerprint density at radius 2 is 2.15 bits per heavy atom. The van der Waals surface area contributed by atoms with Gasteiger partial charge in [0, 0.05) is 62.9 Å². The van der Waals surface area contributed by atoms with Crippen molar-refractivity contribution in [2.45, 2.75) is 25.5 Å². The molecule has 136 valence electrons. The fraction of sp³-hybridized carbons (Fsp3) is 0.474. The Morgan fingerprint density at radius 3 is 2.96 bits per heavy atom. The van der Waals surface area contributed by atoms with E-state index in [0.717, 1.165) is 32.5 Å². The number of nitrogens with zero attached hydrogens (tertiary/aromatic N) is 4. The topological polar surface area (TPSA) is 80.2 Å². The molecule has 26 heavy (non-hydrogen) atoms. The Kier molecular flexibility index (Phi) is 5.17. The highest BCUT2D eigenvalue weighted by Gasteiger charge is 2.41. The molecule has 1 N–H and O–H groups in total. The number of ether oxygens (including phenoxy) is 1. The van der Waals surface area contributed by atoms with Crippen LogP contribution in [0.25, 0.3) is 0 Å². The van der Waals surface area contributed by atoms with Gasteiger partial charge < -0.3 is 10.1 Å². The Hall–Kier alpha value is -2.38. The molecule has 0 aliphatic carbocycles. The smallest absolute Gasteiger partial charge is 0.229 e. The summed E-state index contributed by atoms with van der Waals surface area (Å²) < 4.78 is 5.96. The summed E-state index contributed by atoms with van der Waals surface area (Å²) in [5.74, 6) is 0.661. The van der Waals surface area contributed by atoms with E-state index in [4.69, 9.17) is 4.74 Å². The predicted molar refractivity (Wildman–Crippen MR) is 96.1 cm³/mol. The van der Waals surface area contributed by atoms with E-state index in [0.29, 0.717) is 12.4 Å². The summed E-state index contributed by atoms with van der Waals surface area (Å²) in [4.78, 5) is 27.6. The van der Waals surface area contributed by atoms with Crippen molar-refractivity contribution >= 4 is 11.7 Å². The highest BCUT2D eigenvalue weighted by molar-refractivity contribution is 5.91. The van der Waals surface area contributed by atoms with E-state index < -0.39 is 0 Å². The highest BCUT2D eigenvalue weighted by Crippen LogP contribution is 2.34. The van der Waals surface area contributed by atoms with Crippen LogP contribution in [0.5, 0.6) is 0 Å². The number of amides is 1. The molecule has 2 saturated heterocycles. The maximum Gasteiger partial charge on any atom is 0.229 e. The van der Waals surface area contributed by atoms with Crippen molar-refractivity contribution < 1.29 is 9.53 Å². The maximum absolute atomic E-state index is 12.8. The summed E-state index contributed by atoms with van der Waals surface area (Å²) in [5, 5.41) is 2.91. The van der Waals surface area contributed by atoms with Crippen LogP contribution in [0.2, 0.25) is 0 Å². The van der Waals surface area contributed by atoms with Crippen LogP contribution in [0.15, 0.2) is 43.1 Å². The second-order valence-corrected chi connectivity index (χ2v) is 6.93. The molecule has 0 bridgehead atoms. The average molecular weight is 353 g/mol. The first-order chi connectivity index (χ1) is 12.8. The summed E-state index contributed by atoms with van der Waals surface area (Å²) in [6.45, 7) is 3.34. The summed E-state index contributed by atoms with van der Waals surface area (Å²) in [6.07, 6.45) is 10.3. The molecule has 0 radical (unpaired) electrons. The lowest BCUT2D eigenvalue weighted by molar-refractivity contribution is -0.137. The van der Waals surface area contributed by atoms with E-state index in [9.17, 15) is 4.79 Å². The van der Waals surface area contributed by atoms with Gasteiger partial charge in [-0.1, -0.05) is 6.07 Å². The molecule has 7 nitrogen and oxygen atoms in total. The predicted octanol–water partition coefficient (Wildman–Crippen LogP) is 1.74. The Bertz CT molecular complexity index is 727. The van der Waals surface area contributed by atoms with Crippen LogP contribution in [0, 0.1) is 11.8 Å². The standard InChI is InChI=1S/C19H23N5O2/c25-19(23-18-11-21-6-7-22-18)15-4-9-26-17-3-8-24(13-16(15)17)12-14-2-1-5-20-10-14/h1-2,5-7,10-11,15-17H,3-4,8-9,12-13H2,(H,22,23,25)/t15-,16-,17-/m1/s1. The zero-order chi connectivity index (χ0) is 17.8. The van der Waals surface area contributed by atoms with Gasteiger partial charge in [-0.2, -0.15) is 0 Å². The number of rotatable bonds is 4. The zero-order valence-corrected chi connectivity index (χ0v) is 14.6. The Morgan fingerprint density at radius 1 is 1.23 bits per heavy atom. The molecule has 2 aliphatic heterocycles. The summed E-state index contributed by atoms with van der Waals surface area (Å²) in [7, 11) is 0. The monoisotopic (exact) mass is 353 g/mol. The fourth-order valence-corrected chi connectivity index (χ4v) is 3.99. The summed E-state index contributed by atoms with van der Waals surface area (Å²) >= 11 is 0. The van der Waals surface area contributed by atoms with Crippen LogP contribution >= 0.6 is 0 Å². The molecule has 0 aromatic carbocycles. The Labute approximate surface area is 152 Å². The fourth-order valence-electron chi connectivity index (χ4n) is 3.99. The number of anilines is 1. The van der Waals surface area contributed by atoms with Crippen molar-refractivity contribution in [1.29, 1.82) is 0 Å². The van der Waals surface area contributed by atoms with Gasteiger partial charge in [0.1, 0.15) is 0 Å². The molecule has 2 aromatic rings. The first kappa shape index (κ1) is 17.1. The lowest BCUT2D eigenvalue weighted by Crippen LogP contribution is -2.52. The third-order valence-corrected chi connectivity index (χ3v) is 5.23. The number of piperidine rings is 1. The molecular weight excluding hydrogens is 330 g/mol. The number of aromatic nitrogens is 3. The van der Waals surface area contributed by atoms with Crippen molar-refractivity contribution in [2.75, 3.05) is 25.0 Å². The molecule has 0 saturated carbocycles. The first-order valence-corrected chi connectivity index (χ1v) is 9.09. The van der Waals surface area contributed by atoms with Crippen LogP contribution in [0.3, 0.4) is 0 Å².